The molecule has 6 heteroatoms. The van der Waals surface area contributed by atoms with Crippen LogP contribution in [-0.4, -0.2) is 20.7 Å². The molecule has 0 unspecified atom stereocenters. The highest BCUT2D eigenvalue weighted by Crippen LogP contribution is 2.27. The molecule has 0 aliphatic rings. The number of nitrogens with zero attached hydrogens (tertiary/aromatic N) is 2. The first kappa shape index (κ1) is 18.9. The molecule has 0 aliphatic heterocycles. The molecule has 4 rings (SSSR count). The fourth-order valence-corrected chi connectivity index (χ4v) is 3.48. The predicted molar refractivity (Wildman–Crippen MR) is 115 cm³/mol. The van der Waals surface area contributed by atoms with Gasteiger partial charge in [0, 0.05) is 23.2 Å². The van der Waals surface area contributed by atoms with Crippen LogP contribution in [0.25, 0.3) is 28.5 Å². The van der Waals surface area contributed by atoms with Gasteiger partial charge in [0.05, 0.1) is 11.0 Å². The number of fused-ring (bicyclic) bond motifs is 1. The summed E-state index contributed by atoms with van der Waals surface area (Å²) in [4.78, 5) is 16.1. The third-order valence-corrected chi connectivity index (χ3v) is 4.80. The van der Waals surface area contributed by atoms with Crippen LogP contribution in [0.2, 0.25) is 5.02 Å². The van der Waals surface area contributed by atoms with Gasteiger partial charge in [-0.1, -0.05) is 54.1 Å². The van der Waals surface area contributed by atoms with Gasteiger partial charge < -0.3 is 4.57 Å². The molecular formula is C23H18ClN3O2. The lowest BCUT2D eigenvalue weighted by molar-refractivity contribution is -0.124. The summed E-state index contributed by atoms with van der Waals surface area (Å²) in [6.45, 7) is 0.628. The summed E-state index contributed by atoms with van der Waals surface area (Å²) in [5.41, 5.74) is 6.36. The van der Waals surface area contributed by atoms with E-state index in [0.717, 1.165) is 33.5 Å². The van der Waals surface area contributed by atoms with E-state index < -0.39 is 5.91 Å². The largest absolute Gasteiger partial charge is 0.319 e. The fourth-order valence-electron chi connectivity index (χ4n) is 3.26. The number of benzene rings is 3. The molecule has 4 aromatic rings. The molecule has 0 bridgehead atoms. The predicted octanol–water partition coefficient (Wildman–Crippen LogP) is 4.92. The van der Waals surface area contributed by atoms with Crippen LogP contribution in [-0.2, 0) is 11.3 Å². The minimum Gasteiger partial charge on any atom is -0.319 e. The van der Waals surface area contributed by atoms with Crippen molar-refractivity contribution in [2.45, 2.75) is 6.54 Å². The van der Waals surface area contributed by atoms with Crippen molar-refractivity contribution < 1.29 is 10.0 Å². The second kappa shape index (κ2) is 8.31. The molecule has 0 spiro atoms. The SMILES string of the molecule is O=C(/C=C/c1cccc(-c2nc3ccccc3n2Cc2cccc(Cl)c2)c1)NO. The molecule has 1 amide bonds. The molecule has 0 saturated heterocycles. The van der Waals surface area contributed by atoms with E-state index in [4.69, 9.17) is 21.8 Å². The zero-order valence-electron chi connectivity index (χ0n) is 15.4. The van der Waals surface area contributed by atoms with Crippen LogP contribution in [0.1, 0.15) is 11.1 Å². The smallest absolute Gasteiger partial charge is 0.267 e. The third kappa shape index (κ3) is 4.21. The Labute approximate surface area is 172 Å². The number of hydrogen-bond acceptors (Lipinski definition) is 3. The van der Waals surface area contributed by atoms with Gasteiger partial charge in [0.1, 0.15) is 5.82 Å². The van der Waals surface area contributed by atoms with E-state index in [0.29, 0.717) is 11.6 Å². The topological polar surface area (TPSA) is 67.2 Å². The van der Waals surface area contributed by atoms with Gasteiger partial charge in [-0.2, -0.15) is 0 Å². The normalized spacial score (nSPS) is 11.2. The maximum absolute atomic E-state index is 11.3. The summed E-state index contributed by atoms with van der Waals surface area (Å²) in [6.07, 6.45) is 2.91. The molecule has 1 heterocycles. The first-order valence-electron chi connectivity index (χ1n) is 9.06. The van der Waals surface area contributed by atoms with Crippen LogP contribution >= 0.6 is 11.6 Å². The van der Waals surface area contributed by atoms with Crippen LogP contribution < -0.4 is 5.48 Å². The Morgan fingerprint density at radius 2 is 1.90 bits per heavy atom. The number of halogens is 1. The zero-order chi connectivity index (χ0) is 20.2. The number of amides is 1. The lowest BCUT2D eigenvalue weighted by Gasteiger charge is -2.10. The van der Waals surface area contributed by atoms with Gasteiger partial charge in [0.2, 0.25) is 0 Å². The Kier molecular flexibility index (Phi) is 5.42. The molecule has 5 nitrogen and oxygen atoms in total. The highest BCUT2D eigenvalue weighted by Gasteiger charge is 2.13. The second-order valence-corrected chi connectivity index (χ2v) is 7.01. The van der Waals surface area contributed by atoms with E-state index in [2.05, 4.69) is 4.57 Å². The van der Waals surface area contributed by atoms with Crippen molar-refractivity contribution in [3.8, 4) is 11.4 Å². The monoisotopic (exact) mass is 403 g/mol. The molecule has 144 valence electrons. The van der Waals surface area contributed by atoms with E-state index in [1.165, 1.54) is 6.08 Å². The van der Waals surface area contributed by atoms with E-state index in [-0.39, 0.29) is 0 Å². The van der Waals surface area contributed by atoms with E-state index in [1.54, 1.807) is 11.6 Å². The summed E-state index contributed by atoms with van der Waals surface area (Å²) in [5.74, 6) is 0.247. The van der Waals surface area contributed by atoms with E-state index in [9.17, 15) is 4.79 Å². The lowest BCUT2D eigenvalue weighted by Crippen LogP contribution is -2.14. The van der Waals surface area contributed by atoms with Gasteiger partial charge in [0.25, 0.3) is 5.91 Å². The minimum absolute atomic E-state index is 0.580. The second-order valence-electron chi connectivity index (χ2n) is 6.58. The van der Waals surface area contributed by atoms with Crippen molar-refractivity contribution in [3.05, 3.63) is 95.0 Å². The molecule has 1 aromatic heterocycles. The van der Waals surface area contributed by atoms with Crippen molar-refractivity contribution in [1.29, 1.82) is 0 Å². The van der Waals surface area contributed by atoms with Crippen molar-refractivity contribution in [3.63, 3.8) is 0 Å². The number of nitrogens with one attached hydrogen (secondary N) is 1. The molecular weight excluding hydrogens is 386 g/mol. The summed E-state index contributed by atoms with van der Waals surface area (Å²) in [7, 11) is 0. The van der Waals surface area contributed by atoms with Crippen LogP contribution in [0.15, 0.2) is 78.9 Å². The van der Waals surface area contributed by atoms with E-state index >= 15 is 0 Å². The summed E-state index contributed by atoms with van der Waals surface area (Å²) in [6, 6.07) is 23.5. The molecule has 2 N–H and O–H groups in total. The molecule has 0 aliphatic carbocycles. The number of carbonyl (C=O) groups excluding carboxylic acids is 1. The van der Waals surface area contributed by atoms with Crippen LogP contribution in [0, 0.1) is 0 Å². The number of para-hydroxylation sites is 2. The third-order valence-electron chi connectivity index (χ3n) is 4.57. The highest BCUT2D eigenvalue weighted by molar-refractivity contribution is 6.30. The molecule has 29 heavy (non-hydrogen) atoms. The minimum atomic E-state index is -0.580. The Hall–Kier alpha value is -3.41. The molecule has 0 atom stereocenters. The zero-order valence-corrected chi connectivity index (χ0v) is 16.2. The van der Waals surface area contributed by atoms with Crippen molar-refractivity contribution in [1.82, 2.24) is 15.0 Å². The number of rotatable bonds is 5. The molecule has 0 saturated carbocycles. The standard InChI is InChI=1S/C23H18ClN3O2/c24-19-8-4-6-17(14-19)15-27-21-10-2-1-9-20(21)25-23(27)18-7-3-5-16(13-18)11-12-22(28)26-29/h1-14,29H,15H2,(H,26,28)/b12-11+. The number of aromatic nitrogens is 2. The average Bonchev–Trinajstić information content (AvgIpc) is 3.11. The highest BCUT2D eigenvalue weighted by atomic mass is 35.5. The summed E-state index contributed by atoms with van der Waals surface area (Å²) < 4.78 is 2.16. The maximum Gasteiger partial charge on any atom is 0.267 e. The van der Waals surface area contributed by atoms with Crippen molar-refractivity contribution in [2.24, 2.45) is 0 Å². The van der Waals surface area contributed by atoms with Gasteiger partial charge in [-0.15, -0.1) is 0 Å². The fraction of sp³-hybridized carbons (Fsp3) is 0.0435. The Morgan fingerprint density at radius 1 is 1.07 bits per heavy atom. The lowest BCUT2D eigenvalue weighted by atomic mass is 10.1. The van der Waals surface area contributed by atoms with Gasteiger partial charge in [0.15, 0.2) is 0 Å². The quantitative estimate of drug-likeness (QED) is 0.282. The molecule has 3 aromatic carbocycles. The average molecular weight is 404 g/mol. The van der Waals surface area contributed by atoms with Gasteiger partial charge in [-0.3, -0.25) is 10.0 Å². The van der Waals surface area contributed by atoms with Crippen molar-refractivity contribution in [2.75, 3.05) is 0 Å². The summed E-state index contributed by atoms with van der Waals surface area (Å²) >= 11 is 6.17. The first-order chi connectivity index (χ1) is 14.1. The van der Waals surface area contributed by atoms with Gasteiger partial charge in [-0.25, -0.2) is 10.5 Å². The molecule has 0 radical (unpaired) electrons. The van der Waals surface area contributed by atoms with Crippen LogP contribution in [0.4, 0.5) is 0 Å². The van der Waals surface area contributed by atoms with Gasteiger partial charge in [-0.05, 0) is 47.5 Å². The number of imidazole rings is 1. The summed E-state index contributed by atoms with van der Waals surface area (Å²) in [5, 5.41) is 9.35. The van der Waals surface area contributed by atoms with Crippen LogP contribution in [0.3, 0.4) is 0 Å². The Morgan fingerprint density at radius 3 is 2.72 bits per heavy atom. The van der Waals surface area contributed by atoms with Crippen LogP contribution in [0.5, 0.6) is 0 Å². The number of carbonyl (C=O) groups is 1. The Bertz CT molecular complexity index is 1210. The first-order valence-corrected chi connectivity index (χ1v) is 9.44. The number of hydroxylamine groups is 1. The Balaban J connectivity index is 1.80. The van der Waals surface area contributed by atoms with Gasteiger partial charge >= 0.3 is 0 Å². The van der Waals surface area contributed by atoms with Crippen molar-refractivity contribution >= 4 is 34.6 Å². The van der Waals surface area contributed by atoms with E-state index in [1.807, 2.05) is 72.8 Å². The number of hydrogen-bond donors (Lipinski definition) is 2. The maximum atomic E-state index is 11.3. The molecule has 0 fully saturated rings.